The molecule has 0 saturated carbocycles. The first-order valence-corrected chi connectivity index (χ1v) is 6.05. The van der Waals surface area contributed by atoms with Crippen LogP contribution < -0.4 is 4.90 Å². The van der Waals surface area contributed by atoms with E-state index in [0.29, 0.717) is 12.4 Å². The third-order valence-corrected chi connectivity index (χ3v) is 3.36. The number of hydrogen-bond donors (Lipinski definition) is 1. The Labute approximate surface area is 114 Å². The average molecular weight is 272 g/mol. The molecule has 1 aromatic carbocycles. The minimum absolute atomic E-state index is 0.0643. The summed E-state index contributed by atoms with van der Waals surface area (Å²) in [6.45, 7) is 0.328. The third kappa shape index (κ3) is 1.93. The maximum absolute atomic E-state index is 12.1. The molecule has 1 N–H and O–H groups in total. The van der Waals surface area contributed by atoms with Crippen molar-refractivity contribution in [2.24, 2.45) is 7.05 Å². The van der Waals surface area contributed by atoms with Crippen molar-refractivity contribution < 1.29 is 14.7 Å². The number of hydrogen-bond acceptors (Lipinski definition) is 4. The number of amides is 1. The Balaban J connectivity index is 1.94. The summed E-state index contributed by atoms with van der Waals surface area (Å²) in [4.78, 5) is 28.7. The standard InChI is InChI=1S/C13H12N4O3/c1-16-11(14-7-15-16)6-17-10-3-2-8(13(19)20)4-9(10)5-12(17)18/h2-4,7H,5-6H2,1H3,(H,19,20). The summed E-state index contributed by atoms with van der Waals surface area (Å²) in [6.07, 6.45) is 1.65. The molecule has 102 valence electrons. The SMILES string of the molecule is Cn1ncnc1CN1C(=O)Cc2cc(C(=O)O)ccc21. The van der Waals surface area contributed by atoms with Crippen molar-refractivity contribution in [3.8, 4) is 0 Å². The van der Waals surface area contributed by atoms with Gasteiger partial charge < -0.3 is 10.0 Å². The molecule has 0 aliphatic carbocycles. The maximum atomic E-state index is 12.1. The van der Waals surface area contributed by atoms with Crippen LogP contribution in [0, 0.1) is 0 Å². The van der Waals surface area contributed by atoms with Crippen molar-refractivity contribution in [2.75, 3.05) is 4.90 Å². The van der Waals surface area contributed by atoms with Crippen LogP contribution in [0.2, 0.25) is 0 Å². The fourth-order valence-corrected chi connectivity index (χ4v) is 2.29. The number of benzene rings is 1. The number of anilines is 1. The van der Waals surface area contributed by atoms with E-state index in [1.165, 1.54) is 12.4 Å². The second kappa shape index (κ2) is 4.44. The van der Waals surface area contributed by atoms with Crippen LogP contribution in [0.3, 0.4) is 0 Å². The molecule has 2 aromatic rings. The maximum Gasteiger partial charge on any atom is 0.335 e. The van der Waals surface area contributed by atoms with Gasteiger partial charge in [-0.1, -0.05) is 0 Å². The zero-order valence-electron chi connectivity index (χ0n) is 10.8. The van der Waals surface area contributed by atoms with Gasteiger partial charge in [0.2, 0.25) is 5.91 Å². The lowest BCUT2D eigenvalue weighted by molar-refractivity contribution is -0.117. The summed E-state index contributed by atoms with van der Waals surface area (Å²) >= 11 is 0. The first kappa shape index (κ1) is 12.3. The van der Waals surface area contributed by atoms with Gasteiger partial charge in [-0.05, 0) is 23.8 Å². The molecule has 1 aliphatic rings. The third-order valence-electron chi connectivity index (χ3n) is 3.36. The molecule has 0 fully saturated rings. The van der Waals surface area contributed by atoms with Crippen molar-refractivity contribution in [1.29, 1.82) is 0 Å². The van der Waals surface area contributed by atoms with Crippen molar-refractivity contribution >= 4 is 17.6 Å². The van der Waals surface area contributed by atoms with Gasteiger partial charge in [0.15, 0.2) is 0 Å². The second-order valence-electron chi connectivity index (χ2n) is 4.61. The molecule has 0 spiro atoms. The normalized spacial score (nSPS) is 13.7. The van der Waals surface area contributed by atoms with Gasteiger partial charge in [-0.3, -0.25) is 9.48 Å². The number of aryl methyl sites for hydroxylation is 1. The summed E-state index contributed by atoms with van der Waals surface area (Å²) in [7, 11) is 1.76. The molecule has 1 amide bonds. The first-order valence-electron chi connectivity index (χ1n) is 6.05. The fraction of sp³-hybridized carbons (Fsp3) is 0.231. The topological polar surface area (TPSA) is 88.3 Å². The van der Waals surface area contributed by atoms with E-state index < -0.39 is 5.97 Å². The first-order chi connectivity index (χ1) is 9.56. The molecule has 20 heavy (non-hydrogen) atoms. The lowest BCUT2D eigenvalue weighted by Crippen LogP contribution is -2.27. The van der Waals surface area contributed by atoms with E-state index in [1.807, 2.05) is 0 Å². The number of nitrogens with zero attached hydrogens (tertiary/aromatic N) is 4. The van der Waals surface area contributed by atoms with Gasteiger partial charge in [-0.25, -0.2) is 9.78 Å². The van der Waals surface area contributed by atoms with Crippen molar-refractivity contribution in [3.05, 3.63) is 41.5 Å². The molecule has 3 rings (SSSR count). The van der Waals surface area contributed by atoms with Crippen LogP contribution in [-0.4, -0.2) is 31.7 Å². The van der Waals surface area contributed by atoms with Gasteiger partial charge in [0.25, 0.3) is 0 Å². The number of carbonyl (C=O) groups excluding carboxylic acids is 1. The summed E-state index contributed by atoms with van der Waals surface area (Å²) < 4.78 is 1.61. The van der Waals surface area contributed by atoms with Crippen LogP contribution in [0.15, 0.2) is 24.5 Å². The highest BCUT2D eigenvalue weighted by molar-refractivity contribution is 6.02. The summed E-state index contributed by atoms with van der Waals surface area (Å²) in [5, 5.41) is 12.9. The molecule has 0 unspecified atom stereocenters. The van der Waals surface area contributed by atoms with Crippen LogP contribution in [-0.2, 0) is 24.8 Å². The number of aromatic nitrogens is 3. The summed E-state index contributed by atoms with van der Waals surface area (Å²) in [5.74, 6) is -0.383. The highest BCUT2D eigenvalue weighted by Crippen LogP contribution is 2.30. The van der Waals surface area contributed by atoms with E-state index in [1.54, 1.807) is 28.8 Å². The summed E-state index contributed by atoms with van der Waals surface area (Å²) in [5.41, 5.74) is 1.66. The Bertz CT molecular complexity index is 707. The van der Waals surface area contributed by atoms with E-state index in [2.05, 4.69) is 10.1 Å². The highest BCUT2D eigenvalue weighted by atomic mass is 16.4. The molecule has 0 radical (unpaired) electrons. The van der Waals surface area contributed by atoms with Gasteiger partial charge in [0.05, 0.1) is 18.5 Å². The van der Waals surface area contributed by atoms with E-state index in [0.717, 1.165) is 11.3 Å². The Morgan fingerprint density at radius 2 is 2.25 bits per heavy atom. The van der Waals surface area contributed by atoms with Gasteiger partial charge in [-0.2, -0.15) is 5.10 Å². The summed E-state index contributed by atoms with van der Waals surface area (Å²) in [6, 6.07) is 4.72. The fourth-order valence-electron chi connectivity index (χ4n) is 2.29. The molecule has 1 aromatic heterocycles. The highest BCUT2D eigenvalue weighted by Gasteiger charge is 2.29. The molecule has 7 nitrogen and oxygen atoms in total. The Morgan fingerprint density at radius 3 is 2.90 bits per heavy atom. The molecule has 2 heterocycles. The second-order valence-corrected chi connectivity index (χ2v) is 4.61. The zero-order valence-corrected chi connectivity index (χ0v) is 10.8. The number of carbonyl (C=O) groups is 2. The van der Waals surface area contributed by atoms with E-state index in [-0.39, 0.29) is 17.9 Å². The van der Waals surface area contributed by atoms with Gasteiger partial charge in [0, 0.05) is 12.7 Å². The Morgan fingerprint density at radius 1 is 1.45 bits per heavy atom. The average Bonchev–Trinajstić information content (AvgIpc) is 2.94. The zero-order chi connectivity index (χ0) is 14.3. The van der Waals surface area contributed by atoms with Crippen molar-refractivity contribution in [3.63, 3.8) is 0 Å². The van der Waals surface area contributed by atoms with Crippen LogP contribution >= 0.6 is 0 Å². The van der Waals surface area contributed by atoms with Crippen LogP contribution in [0.1, 0.15) is 21.7 Å². The predicted octanol–water partition coefficient (Wildman–Crippen LogP) is 0.603. The lowest BCUT2D eigenvalue weighted by Gasteiger charge is -2.16. The molecule has 0 saturated heterocycles. The Kier molecular flexibility index (Phi) is 2.74. The molecule has 1 aliphatic heterocycles. The van der Waals surface area contributed by atoms with Crippen molar-refractivity contribution in [2.45, 2.75) is 13.0 Å². The monoisotopic (exact) mass is 272 g/mol. The molecule has 7 heteroatoms. The lowest BCUT2D eigenvalue weighted by atomic mass is 10.1. The minimum Gasteiger partial charge on any atom is -0.478 e. The predicted molar refractivity (Wildman–Crippen MR) is 69.3 cm³/mol. The van der Waals surface area contributed by atoms with E-state index in [4.69, 9.17) is 5.11 Å². The van der Waals surface area contributed by atoms with Gasteiger partial charge >= 0.3 is 5.97 Å². The quantitative estimate of drug-likeness (QED) is 0.884. The van der Waals surface area contributed by atoms with Crippen molar-refractivity contribution in [1.82, 2.24) is 14.8 Å². The van der Waals surface area contributed by atoms with Crippen LogP contribution in [0.5, 0.6) is 0 Å². The number of rotatable bonds is 3. The molecule has 0 atom stereocenters. The number of carboxylic acids is 1. The Hall–Kier alpha value is -2.70. The van der Waals surface area contributed by atoms with Gasteiger partial charge in [-0.15, -0.1) is 0 Å². The van der Waals surface area contributed by atoms with Crippen LogP contribution in [0.25, 0.3) is 0 Å². The van der Waals surface area contributed by atoms with Crippen LogP contribution in [0.4, 0.5) is 5.69 Å². The van der Waals surface area contributed by atoms with E-state index in [9.17, 15) is 9.59 Å². The number of aromatic carboxylic acids is 1. The van der Waals surface area contributed by atoms with E-state index >= 15 is 0 Å². The van der Waals surface area contributed by atoms with Gasteiger partial charge in [0.1, 0.15) is 12.2 Å². The molecular formula is C13H12N4O3. The molecule has 0 bridgehead atoms. The molecular weight excluding hydrogens is 260 g/mol. The smallest absolute Gasteiger partial charge is 0.335 e. The number of fused-ring (bicyclic) bond motifs is 1. The number of carboxylic acid groups (broad SMARTS) is 1. The minimum atomic E-state index is -0.994. The largest absolute Gasteiger partial charge is 0.478 e.